The quantitative estimate of drug-likeness (QED) is 0.826. The van der Waals surface area contributed by atoms with Crippen LogP contribution in [0, 0.1) is 6.92 Å². The molecule has 14 heavy (non-hydrogen) atoms. The van der Waals surface area contributed by atoms with Gasteiger partial charge in [0.1, 0.15) is 6.67 Å². The molecule has 0 aromatic heterocycles. The first kappa shape index (κ1) is 11.3. The Kier molecular flexibility index (Phi) is 4.22. The number of hydrogen-bond donors (Lipinski definition) is 1. The predicted octanol–water partition coefficient (Wildman–Crippen LogP) is 1.43. The van der Waals surface area contributed by atoms with Crippen LogP contribution in [0.4, 0.5) is 4.39 Å². The summed E-state index contributed by atoms with van der Waals surface area (Å²) in [7, 11) is -1.31. The van der Waals surface area contributed by atoms with Crippen LogP contribution in [0.2, 0.25) is 0 Å². The van der Waals surface area contributed by atoms with Crippen molar-refractivity contribution in [1.82, 2.24) is 0 Å². The summed E-state index contributed by atoms with van der Waals surface area (Å²) in [5.74, 6) is -0.0421. The van der Waals surface area contributed by atoms with Crippen LogP contribution in [0.3, 0.4) is 0 Å². The second kappa shape index (κ2) is 5.22. The first-order valence-electron chi connectivity index (χ1n) is 4.32. The molecule has 2 nitrogen and oxygen atoms in total. The molecule has 0 aliphatic heterocycles. The van der Waals surface area contributed by atoms with Gasteiger partial charge in [0.25, 0.3) is 0 Å². The summed E-state index contributed by atoms with van der Waals surface area (Å²) >= 11 is 0. The molecule has 2 atom stereocenters. The van der Waals surface area contributed by atoms with Crippen LogP contribution in [0.1, 0.15) is 5.56 Å². The molecule has 0 aliphatic carbocycles. The average Bonchev–Trinajstić information content (AvgIpc) is 2.18. The Morgan fingerprint density at radius 3 is 2.50 bits per heavy atom. The lowest BCUT2D eigenvalue weighted by atomic mass is 10.2. The zero-order valence-electron chi connectivity index (χ0n) is 7.94. The lowest BCUT2D eigenvalue weighted by Gasteiger charge is -2.05. The summed E-state index contributed by atoms with van der Waals surface area (Å²) in [4.78, 5) is 0.628. The predicted molar refractivity (Wildman–Crippen MR) is 54.4 cm³/mol. The van der Waals surface area contributed by atoms with Gasteiger partial charge < -0.3 is 5.11 Å². The van der Waals surface area contributed by atoms with Crippen molar-refractivity contribution in [3.05, 3.63) is 29.8 Å². The molecule has 78 valence electrons. The highest BCUT2D eigenvalue weighted by molar-refractivity contribution is 7.85. The molecule has 0 radical (unpaired) electrons. The first-order valence-corrected chi connectivity index (χ1v) is 5.64. The van der Waals surface area contributed by atoms with E-state index in [0.717, 1.165) is 5.56 Å². The number of aliphatic hydroxyl groups excluding tert-OH is 1. The maximum absolute atomic E-state index is 11.9. The Bertz CT molecular complexity index is 310. The molecule has 1 N–H and O–H groups in total. The Hall–Kier alpha value is -0.740. The van der Waals surface area contributed by atoms with E-state index in [9.17, 15) is 8.60 Å². The van der Waals surface area contributed by atoms with E-state index in [0.29, 0.717) is 4.90 Å². The first-order chi connectivity index (χ1) is 6.63. The minimum absolute atomic E-state index is 0.0421. The SMILES string of the molecule is Cc1ccc([S@](=O)C[C@@H](O)CF)cc1. The van der Waals surface area contributed by atoms with Gasteiger partial charge in [0, 0.05) is 4.90 Å². The van der Waals surface area contributed by atoms with Crippen molar-refractivity contribution in [2.24, 2.45) is 0 Å². The standard InChI is InChI=1S/C10H13FO2S/c1-8-2-4-10(5-3-8)14(13)7-9(12)6-11/h2-5,9,12H,6-7H2,1H3/t9-,14+/m0/s1. The molecule has 0 saturated carbocycles. The van der Waals surface area contributed by atoms with Gasteiger partial charge in [-0.2, -0.15) is 0 Å². The van der Waals surface area contributed by atoms with Crippen LogP contribution in [0.25, 0.3) is 0 Å². The molecule has 0 spiro atoms. The summed E-state index contributed by atoms with van der Waals surface area (Å²) in [6, 6.07) is 7.15. The molecular weight excluding hydrogens is 203 g/mol. The summed E-state index contributed by atoms with van der Waals surface area (Å²) in [6.07, 6.45) is -1.13. The van der Waals surface area contributed by atoms with E-state index in [-0.39, 0.29) is 5.75 Å². The minimum Gasteiger partial charge on any atom is -0.389 e. The zero-order valence-corrected chi connectivity index (χ0v) is 8.76. The van der Waals surface area contributed by atoms with Gasteiger partial charge in [0.2, 0.25) is 0 Å². The maximum atomic E-state index is 11.9. The number of hydrogen-bond acceptors (Lipinski definition) is 2. The highest BCUT2D eigenvalue weighted by atomic mass is 32.2. The largest absolute Gasteiger partial charge is 0.389 e. The van der Waals surface area contributed by atoms with Crippen molar-refractivity contribution in [2.45, 2.75) is 17.9 Å². The fraction of sp³-hybridized carbons (Fsp3) is 0.400. The van der Waals surface area contributed by atoms with Gasteiger partial charge in [-0.1, -0.05) is 17.7 Å². The third-order valence-electron chi connectivity index (χ3n) is 1.81. The van der Waals surface area contributed by atoms with Crippen LogP contribution in [0.5, 0.6) is 0 Å². The van der Waals surface area contributed by atoms with Crippen molar-refractivity contribution in [2.75, 3.05) is 12.4 Å². The van der Waals surface area contributed by atoms with Gasteiger partial charge in [-0.25, -0.2) is 4.39 Å². The van der Waals surface area contributed by atoms with Crippen LogP contribution in [-0.2, 0) is 10.8 Å². The van der Waals surface area contributed by atoms with E-state index in [1.165, 1.54) is 0 Å². The molecule has 4 heteroatoms. The highest BCUT2D eigenvalue weighted by Crippen LogP contribution is 2.09. The third-order valence-corrected chi connectivity index (χ3v) is 3.29. The molecule has 0 heterocycles. The van der Waals surface area contributed by atoms with Crippen LogP contribution >= 0.6 is 0 Å². The van der Waals surface area contributed by atoms with Gasteiger partial charge in [-0.15, -0.1) is 0 Å². The van der Waals surface area contributed by atoms with Crippen molar-refractivity contribution >= 4 is 10.8 Å². The zero-order chi connectivity index (χ0) is 10.6. The summed E-state index contributed by atoms with van der Waals surface area (Å²) in [5, 5.41) is 8.98. The van der Waals surface area contributed by atoms with Crippen molar-refractivity contribution < 1.29 is 13.7 Å². The Labute approximate surface area is 85.2 Å². The fourth-order valence-corrected chi connectivity index (χ4v) is 2.08. The molecule has 1 aromatic rings. The second-order valence-corrected chi connectivity index (χ2v) is 4.63. The van der Waals surface area contributed by atoms with Crippen LogP contribution < -0.4 is 0 Å². The topological polar surface area (TPSA) is 37.3 Å². The fourth-order valence-electron chi connectivity index (χ4n) is 1.01. The monoisotopic (exact) mass is 216 g/mol. The molecule has 0 bridgehead atoms. The summed E-state index contributed by atoms with van der Waals surface area (Å²) < 4.78 is 23.5. The van der Waals surface area contributed by atoms with Gasteiger partial charge in [-0.3, -0.25) is 4.21 Å². The Morgan fingerprint density at radius 2 is 2.00 bits per heavy atom. The summed E-state index contributed by atoms with van der Waals surface area (Å²) in [5.41, 5.74) is 1.08. The van der Waals surface area contributed by atoms with Crippen LogP contribution in [0.15, 0.2) is 29.2 Å². The molecule has 1 aromatic carbocycles. The maximum Gasteiger partial charge on any atom is 0.116 e. The Balaban J connectivity index is 2.65. The highest BCUT2D eigenvalue weighted by Gasteiger charge is 2.10. The van der Waals surface area contributed by atoms with Crippen molar-refractivity contribution in [3.8, 4) is 0 Å². The second-order valence-electron chi connectivity index (χ2n) is 3.13. The molecule has 0 amide bonds. The van der Waals surface area contributed by atoms with Crippen LogP contribution in [-0.4, -0.2) is 27.8 Å². The number of aliphatic hydroxyl groups is 1. The third kappa shape index (κ3) is 3.20. The lowest BCUT2D eigenvalue weighted by Crippen LogP contribution is -2.18. The van der Waals surface area contributed by atoms with Crippen molar-refractivity contribution in [3.63, 3.8) is 0 Å². The number of alkyl halides is 1. The molecule has 0 unspecified atom stereocenters. The average molecular weight is 216 g/mol. The van der Waals surface area contributed by atoms with Gasteiger partial charge in [-0.05, 0) is 19.1 Å². The molecule has 1 rings (SSSR count). The lowest BCUT2D eigenvalue weighted by molar-refractivity contribution is 0.161. The van der Waals surface area contributed by atoms with E-state index in [4.69, 9.17) is 5.11 Å². The van der Waals surface area contributed by atoms with Gasteiger partial charge in [0.15, 0.2) is 0 Å². The minimum atomic E-state index is -1.31. The molecule has 0 fully saturated rings. The normalized spacial score (nSPS) is 15.1. The molecular formula is C10H13FO2S. The molecule has 0 saturated heterocycles. The number of rotatable bonds is 4. The summed E-state index contributed by atoms with van der Waals surface area (Å²) in [6.45, 7) is 1.08. The smallest absolute Gasteiger partial charge is 0.116 e. The van der Waals surface area contributed by atoms with Gasteiger partial charge >= 0.3 is 0 Å². The number of aryl methyl sites for hydroxylation is 1. The Morgan fingerprint density at radius 1 is 1.43 bits per heavy atom. The van der Waals surface area contributed by atoms with E-state index < -0.39 is 23.6 Å². The van der Waals surface area contributed by atoms with E-state index in [2.05, 4.69) is 0 Å². The van der Waals surface area contributed by atoms with E-state index in [1.807, 2.05) is 19.1 Å². The molecule has 0 aliphatic rings. The number of benzene rings is 1. The van der Waals surface area contributed by atoms with Crippen molar-refractivity contribution in [1.29, 1.82) is 0 Å². The van der Waals surface area contributed by atoms with E-state index >= 15 is 0 Å². The van der Waals surface area contributed by atoms with Gasteiger partial charge in [0.05, 0.1) is 22.7 Å². The van der Waals surface area contributed by atoms with E-state index in [1.54, 1.807) is 12.1 Å². The number of halogens is 1.